The number of benzene rings is 1. The van der Waals surface area contributed by atoms with Gasteiger partial charge in [-0.05, 0) is 47.6 Å². The largest absolute Gasteiger partial charge is 0.465 e. The van der Waals surface area contributed by atoms with Crippen LogP contribution in [0.4, 0.5) is 4.79 Å². The molecule has 0 saturated carbocycles. The summed E-state index contributed by atoms with van der Waals surface area (Å²) < 4.78 is 28.4. The van der Waals surface area contributed by atoms with Gasteiger partial charge in [0.1, 0.15) is 11.4 Å². The summed E-state index contributed by atoms with van der Waals surface area (Å²) in [5.74, 6) is -2.75. The zero-order valence-corrected chi connectivity index (χ0v) is 21.3. The highest BCUT2D eigenvalue weighted by Gasteiger charge is 2.58. The van der Waals surface area contributed by atoms with Crippen LogP contribution in [0, 0.1) is 0 Å². The van der Waals surface area contributed by atoms with E-state index in [4.69, 9.17) is 23.7 Å². The van der Waals surface area contributed by atoms with Crippen molar-refractivity contribution in [2.24, 2.45) is 0 Å². The number of ether oxygens (including phenoxy) is 5. The van der Waals surface area contributed by atoms with Crippen LogP contribution in [-0.2, 0) is 38.7 Å². The molecule has 0 unspecified atom stereocenters. The van der Waals surface area contributed by atoms with Gasteiger partial charge >= 0.3 is 24.0 Å². The molecular formula is C26H31NO9. The zero-order valence-electron chi connectivity index (χ0n) is 21.3. The number of aromatic nitrogens is 1. The van der Waals surface area contributed by atoms with Crippen molar-refractivity contribution in [2.75, 3.05) is 19.8 Å². The number of esters is 3. The summed E-state index contributed by atoms with van der Waals surface area (Å²) in [5, 5.41) is 0.398. The first-order chi connectivity index (χ1) is 17.0. The lowest BCUT2D eigenvalue weighted by Gasteiger charge is -2.34. The summed E-state index contributed by atoms with van der Waals surface area (Å²) in [7, 11) is 0. The highest BCUT2D eigenvalue weighted by molar-refractivity contribution is 6.12. The van der Waals surface area contributed by atoms with E-state index in [1.54, 1.807) is 65.8 Å². The molecule has 1 aliphatic heterocycles. The van der Waals surface area contributed by atoms with Crippen LogP contribution < -0.4 is 4.74 Å². The number of carbonyl (C=O) groups is 4. The fourth-order valence-electron chi connectivity index (χ4n) is 4.06. The molecule has 0 amide bonds. The second-order valence-corrected chi connectivity index (χ2v) is 9.00. The monoisotopic (exact) mass is 501 g/mol. The Labute approximate surface area is 209 Å². The molecule has 1 aliphatic rings. The number of para-hydroxylation sites is 1. The average Bonchev–Trinajstić information content (AvgIpc) is 3.12. The molecule has 0 N–H and O–H groups in total. The van der Waals surface area contributed by atoms with Gasteiger partial charge in [0, 0.05) is 11.8 Å². The quantitative estimate of drug-likeness (QED) is 0.250. The highest BCUT2D eigenvalue weighted by Crippen LogP contribution is 2.50. The molecular weight excluding hydrogens is 470 g/mol. The Balaban J connectivity index is 2.42. The van der Waals surface area contributed by atoms with E-state index in [1.807, 2.05) is 0 Å². The van der Waals surface area contributed by atoms with Gasteiger partial charge in [0.15, 0.2) is 0 Å². The molecule has 194 valence electrons. The molecule has 10 nitrogen and oxygen atoms in total. The van der Waals surface area contributed by atoms with E-state index in [9.17, 15) is 19.2 Å². The first-order valence-corrected chi connectivity index (χ1v) is 11.8. The topological polar surface area (TPSA) is 119 Å². The Hall–Kier alpha value is -3.82. The molecule has 36 heavy (non-hydrogen) atoms. The summed E-state index contributed by atoms with van der Waals surface area (Å²) in [4.78, 5) is 52.8. The van der Waals surface area contributed by atoms with E-state index in [-0.39, 0.29) is 43.4 Å². The fourth-order valence-corrected chi connectivity index (χ4v) is 4.06. The summed E-state index contributed by atoms with van der Waals surface area (Å²) in [6.45, 7) is 10.0. The van der Waals surface area contributed by atoms with Crippen molar-refractivity contribution in [3.05, 3.63) is 41.7 Å². The maximum Gasteiger partial charge on any atom is 0.421 e. The molecule has 10 heteroatoms. The third-order valence-electron chi connectivity index (χ3n) is 5.31. The van der Waals surface area contributed by atoms with Crippen LogP contribution in [-0.4, -0.2) is 54.0 Å². The second kappa shape index (κ2) is 10.4. The summed E-state index contributed by atoms with van der Waals surface area (Å²) in [6, 6.07) is 6.69. The minimum Gasteiger partial charge on any atom is -0.465 e. The number of allylic oxidation sites excluding steroid dienone is 1. The molecule has 1 aromatic carbocycles. The van der Waals surface area contributed by atoms with Gasteiger partial charge in [-0.15, -0.1) is 0 Å². The minimum absolute atomic E-state index is 0.0161. The number of rotatable bonds is 6. The van der Waals surface area contributed by atoms with Crippen molar-refractivity contribution >= 4 is 34.9 Å². The Bertz CT molecular complexity index is 1200. The Morgan fingerprint density at radius 2 is 1.56 bits per heavy atom. The third-order valence-corrected chi connectivity index (χ3v) is 5.31. The number of carbonyl (C=O) groups excluding carboxylic acids is 4. The van der Waals surface area contributed by atoms with Crippen molar-refractivity contribution in [3.8, 4) is 5.88 Å². The maximum atomic E-state index is 13.6. The van der Waals surface area contributed by atoms with E-state index in [2.05, 4.69) is 0 Å². The van der Waals surface area contributed by atoms with Crippen molar-refractivity contribution in [1.82, 2.24) is 4.57 Å². The molecule has 0 saturated heterocycles. The van der Waals surface area contributed by atoms with Crippen molar-refractivity contribution in [3.63, 3.8) is 0 Å². The molecule has 0 fully saturated rings. The first-order valence-electron chi connectivity index (χ1n) is 11.8. The van der Waals surface area contributed by atoms with E-state index >= 15 is 0 Å². The predicted octanol–water partition coefficient (Wildman–Crippen LogP) is 4.02. The van der Waals surface area contributed by atoms with Crippen molar-refractivity contribution in [1.29, 1.82) is 0 Å². The van der Waals surface area contributed by atoms with Gasteiger partial charge in [-0.1, -0.05) is 18.2 Å². The highest BCUT2D eigenvalue weighted by atomic mass is 16.6. The van der Waals surface area contributed by atoms with E-state index < -0.39 is 35.0 Å². The van der Waals surface area contributed by atoms with Crippen LogP contribution in [0.5, 0.6) is 5.88 Å². The van der Waals surface area contributed by atoms with Crippen LogP contribution in [0.3, 0.4) is 0 Å². The molecule has 0 spiro atoms. The Kier molecular flexibility index (Phi) is 7.76. The molecule has 2 heterocycles. The SMILES string of the molecule is CCOC(=O)/C=C1/CC(C(=O)OCC)(C(=O)OCC)c2c(n(C(=O)OC(C)(C)C)c3ccccc23)O1. The lowest BCUT2D eigenvalue weighted by atomic mass is 9.75. The maximum absolute atomic E-state index is 13.6. The Morgan fingerprint density at radius 3 is 2.11 bits per heavy atom. The van der Waals surface area contributed by atoms with E-state index in [0.717, 1.165) is 10.6 Å². The smallest absolute Gasteiger partial charge is 0.421 e. The van der Waals surface area contributed by atoms with Gasteiger partial charge in [-0.2, -0.15) is 0 Å². The lowest BCUT2D eigenvalue weighted by molar-refractivity contribution is -0.166. The van der Waals surface area contributed by atoms with Gasteiger partial charge in [0.25, 0.3) is 0 Å². The van der Waals surface area contributed by atoms with Gasteiger partial charge < -0.3 is 23.7 Å². The molecule has 0 atom stereocenters. The van der Waals surface area contributed by atoms with Gasteiger partial charge in [0.05, 0.1) is 37.0 Å². The number of hydrogen-bond donors (Lipinski definition) is 0. The third kappa shape index (κ3) is 4.93. The molecule has 0 radical (unpaired) electrons. The van der Waals surface area contributed by atoms with Crippen LogP contribution in [0.2, 0.25) is 0 Å². The number of nitrogens with zero attached hydrogens (tertiary/aromatic N) is 1. The average molecular weight is 502 g/mol. The number of fused-ring (bicyclic) bond motifs is 3. The van der Waals surface area contributed by atoms with E-state index in [1.165, 1.54) is 0 Å². The molecule has 0 aliphatic carbocycles. The fraction of sp³-hybridized carbons (Fsp3) is 0.462. The van der Waals surface area contributed by atoms with Crippen molar-refractivity contribution < 1.29 is 42.9 Å². The Morgan fingerprint density at radius 1 is 0.972 bits per heavy atom. The molecule has 2 aromatic rings. The second-order valence-electron chi connectivity index (χ2n) is 9.00. The van der Waals surface area contributed by atoms with Crippen molar-refractivity contribution in [2.45, 2.75) is 59.0 Å². The first kappa shape index (κ1) is 26.8. The molecule has 3 rings (SSSR count). The standard InChI is InChI=1S/C26H31NO9/c1-7-32-19(28)14-16-15-26(22(29)33-8-2,23(30)34-9-3)20-17-12-10-11-13-18(17)27(21(20)35-16)24(31)36-25(4,5)6/h10-14H,7-9,15H2,1-6H3/b16-14-. The normalized spacial score (nSPS) is 15.6. The zero-order chi connectivity index (χ0) is 26.7. The van der Waals surface area contributed by atoms with Crippen LogP contribution in [0.15, 0.2) is 36.1 Å². The van der Waals surface area contributed by atoms with Crippen LogP contribution in [0.1, 0.15) is 53.5 Å². The van der Waals surface area contributed by atoms with Gasteiger partial charge in [-0.3, -0.25) is 9.59 Å². The van der Waals surface area contributed by atoms with Crippen LogP contribution in [0.25, 0.3) is 10.9 Å². The van der Waals surface area contributed by atoms with Gasteiger partial charge in [-0.25, -0.2) is 14.2 Å². The lowest BCUT2D eigenvalue weighted by Crippen LogP contribution is -2.49. The van der Waals surface area contributed by atoms with Crippen LogP contribution >= 0.6 is 0 Å². The summed E-state index contributed by atoms with van der Waals surface area (Å²) in [5.41, 5.74) is -2.47. The minimum atomic E-state index is -2.05. The van der Waals surface area contributed by atoms with E-state index in [0.29, 0.717) is 10.9 Å². The molecule has 0 bridgehead atoms. The summed E-state index contributed by atoms with van der Waals surface area (Å²) >= 11 is 0. The predicted molar refractivity (Wildman–Crippen MR) is 128 cm³/mol. The summed E-state index contributed by atoms with van der Waals surface area (Å²) in [6.07, 6.45) is -0.130. The van der Waals surface area contributed by atoms with Gasteiger partial charge in [0.2, 0.25) is 11.3 Å². The number of hydrogen-bond acceptors (Lipinski definition) is 9. The molecule has 1 aromatic heterocycles.